The average Bonchev–Trinajstić information content (AvgIpc) is 2.30. The minimum atomic E-state index is -0.228. The molecule has 2 aliphatic rings. The van der Waals surface area contributed by atoms with Gasteiger partial charge in [-0.05, 0) is 41.1 Å². The molecule has 18 heavy (non-hydrogen) atoms. The Morgan fingerprint density at radius 3 is 2.39 bits per heavy atom. The van der Waals surface area contributed by atoms with Gasteiger partial charge < -0.3 is 4.79 Å². The number of aldehydes is 2. The summed E-state index contributed by atoms with van der Waals surface area (Å²) in [4.78, 5) is 22.7. The third kappa shape index (κ3) is 1.47. The lowest BCUT2D eigenvalue weighted by Gasteiger charge is -2.62. The van der Waals surface area contributed by atoms with Crippen molar-refractivity contribution < 1.29 is 9.59 Å². The van der Waals surface area contributed by atoms with Gasteiger partial charge in [0, 0.05) is 5.92 Å². The maximum absolute atomic E-state index is 11.5. The molecular formula is C16H24O2. The van der Waals surface area contributed by atoms with Crippen LogP contribution in [0.1, 0.15) is 53.4 Å². The quantitative estimate of drug-likeness (QED) is 0.700. The molecule has 0 amide bonds. The zero-order valence-electron chi connectivity index (χ0n) is 12.0. The van der Waals surface area contributed by atoms with E-state index in [-0.39, 0.29) is 22.2 Å². The summed E-state index contributed by atoms with van der Waals surface area (Å²) in [5.41, 5.74) is 0.923. The monoisotopic (exact) mass is 248 g/mol. The normalized spacial score (nSPS) is 42.7. The molecule has 0 bridgehead atoms. The highest BCUT2D eigenvalue weighted by Crippen LogP contribution is 2.66. The van der Waals surface area contributed by atoms with Crippen LogP contribution in [0.3, 0.4) is 0 Å². The maximum Gasteiger partial charge on any atom is 0.146 e. The third-order valence-corrected chi connectivity index (χ3v) is 6.32. The Hall–Kier alpha value is -0.920. The molecule has 0 aliphatic heterocycles. The Kier molecular flexibility index (Phi) is 3.03. The molecule has 0 N–H and O–H groups in total. The lowest BCUT2D eigenvalue weighted by molar-refractivity contribution is -0.140. The highest BCUT2D eigenvalue weighted by atomic mass is 16.1. The van der Waals surface area contributed by atoms with Crippen LogP contribution in [0.2, 0.25) is 0 Å². The van der Waals surface area contributed by atoms with Crippen LogP contribution >= 0.6 is 0 Å². The van der Waals surface area contributed by atoms with Crippen molar-refractivity contribution in [2.75, 3.05) is 0 Å². The first-order valence-corrected chi connectivity index (χ1v) is 6.93. The van der Waals surface area contributed by atoms with Gasteiger partial charge in [-0.3, -0.25) is 4.79 Å². The van der Waals surface area contributed by atoms with Gasteiger partial charge in [0.2, 0.25) is 0 Å². The molecule has 2 rings (SSSR count). The predicted molar refractivity (Wildman–Crippen MR) is 72.2 cm³/mol. The van der Waals surface area contributed by atoms with E-state index in [1.807, 2.05) is 6.08 Å². The van der Waals surface area contributed by atoms with Crippen LogP contribution in [0.5, 0.6) is 0 Å². The molecule has 0 aromatic carbocycles. The minimum absolute atomic E-state index is 0.0819. The summed E-state index contributed by atoms with van der Waals surface area (Å²) in [6, 6.07) is 0. The van der Waals surface area contributed by atoms with Gasteiger partial charge >= 0.3 is 0 Å². The van der Waals surface area contributed by atoms with Crippen molar-refractivity contribution in [1.29, 1.82) is 0 Å². The van der Waals surface area contributed by atoms with Gasteiger partial charge in [0.25, 0.3) is 0 Å². The summed E-state index contributed by atoms with van der Waals surface area (Å²) in [5.74, 6) is -0.228. The Morgan fingerprint density at radius 1 is 1.17 bits per heavy atom. The molecule has 0 heterocycles. The fraction of sp³-hybridized carbons (Fsp3) is 0.750. The van der Waals surface area contributed by atoms with E-state index in [0.29, 0.717) is 5.57 Å². The first-order chi connectivity index (χ1) is 8.32. The van der Waals surface area contributed by atoms with Crippen LogP contribution in [-0.2, 0) is 9.59 Å². The smallest absolute Gasteiger partial charge is 0.146 e. The molecule has 0 radical (unpaired) electrons. The highest BCUT2D eigenvalue weighted by Gasteiger charge is 2.60. The van der Waals surface area contributed by atoms with E-state index in [2.05, 4.69) is 27.7 Å². The standard InChI is InChI=1S/C16H24O2/c1-14(2)7-5-8-15(3)13(11-18)12(10-17)6-9-16(14,15)4/h6,10-11,13H,5,7-9H2,1-4H3/t13-,15+,16-/m0/s1. The topological polar surface area (TPSA) is 34.1 Å². The number of hydrogen-bond donors (Lipinski definition) is 0. The Balaban J connectivity index is 2.58. The number of fused-ring (bicyclic) bond motifs is 1. The zero-order valence-corrected chi connectivity index (χ0v) is 12.0. The summed E-state index contributed by atoms with van der Waals surface area (Å²) in [6.07, 6.45) is 8.19. The molecule has 2 nitrogen and oxygen atoms in total. The van der Waals surface area contributed by atoms with Gasteiger partial charge in [-0.2, -0.15) is 0 Å². The van der Waals surface area contributed by atoms with Crippen LogP contribution in [-0.4, -0.2) is 12.6 Å². The lowest BCUT2D eigenvalue weighted by atomic mass is 9.41. The second-order valence-electron chi connectivity index (χ2n) is 7.13. The van der Waals surface area contributed by atoms with Gasteiger partial charge in [-0.1, -0.05) is 40.2 Å². The minimum Gasteiger partial charge on any atom is -0.303 e. The molecule has 0 aromatic rings. The van der Waals surface area contributed by atoms with E-state index in [0.717, 1.165) is 31.8 Å². The molecule has 0 aromatic heterocycles. The highest BCUT2D eigenvalue weighted by molar-refractivity contribution is 5.82. The molecule has 100 valence electrons. The van der Waals surface area contributed by atoms with E-state index in [9.17, 15) is 9.59 Å². The van der Waals surface area contributed by atoms with E-state index < -0.39 is 0 Å². The molecule has 3 atom stereocenters. The molecule has 0 spiro atoms. The Bertz CT molecular complexity index is 407. The molecule has 1 fully saturated rings. The van der Waals surface area contributed by atoms with Crippen molar-refractivity contribution in [3.05, 3.63) is 11.6 Å². The lowest BCUT2D eigenvalue weighted by Crippen LogP contribution is -2.56. The largest absolute Gasteiger partial charge is 0.303 e. The second-order valence-corrected chi connectivity index (χ2v) is 7.13. The summed E-state index contributed by atoms with van der Waals surface area (Å²) in [7, 11) is 0. The fourth-order valence-electron chi connectivity index (χ4n) is 4.40. The number of rotatable bonds is 2. The average molecular weight is 248 g/mol. The molecule has 0 saturated heterocycles. The molecule has 0 unspecified atom stereocenters. The van der Waals surface area contributed by atoms with Crippen molar-refractivity contribution >= 4 is 12.6 Å². The number of carbonyl (C=O) groups excluding carboxylic acids is 2. The molecule has 1 saturated carbocycles. The van der Waals surface area contributed by atoms with Gasteiger partial charge in [0.15, 0.2) is 0 Å². The number of carbonyl (C=O) groups is 2. The Morgan fingerprint density at radius 2 is 1.83 bits per heavy atom. The van der Waals surface area contributed by atoms with Gasteiger partial charge in [0.05, 0.1) is 0 Å². The van der Waals surface area contributed by atoms with Crippen molar-refractivity contribution in [2.24, 2.45) is 22.2 Å². The van der Waals surface area contributed by atoms with Crippen LogP contribution < -0.4 is 0 Å². The van der Waals surface area contributed by atoms with Crippen LogP contribution in [0.25, 0.3) is 0 Å². The van der Waals surface area contributed by atoms with Crippen molar-refractivity contribution in [3.63, 3.8) is 0 Å². The number of hydrogen-bond acceptors (Lipinski definition) is 2. The summed E-state index contributed by atoms with van der Waals surface area (Å²) in [6.45, 7) is 9.14. The fourth-order valence-corrected chi connectivity index (χ4v) is 4.40. The van der Waals surface area contributed by atoms with Crippen molar-refractivity contribution in [1.82, 2.24) is 0 Å². The van der Waals surface area contributed by atoms with Crippen LogP contribution in [0.15, 0.2) is 11.6 Å². The van der Waals surface area contributed by atoms with E-state index in [1.54, 1.807) is 0 Å². The molecule has 2 heteroatoms. The van der Waals surface area contributed by atoms with Gasteiger partial charge in [-0.15, -0.1) is 0 Å². The van der Waals surface area contributed by atoms with Crippen molar-refractivity contribution in [2.45, 2.75) is 53.4 Å². The van der Waals surface area contributed by atoms with Crippen LogP contribution in [0, 0.1) is 22.2 Å². The predicted octanol–water partition coefficient (Wildman–Crippen LogP) is 3.55. The van der Waals surface area contributed by atoms with Gasteiger partial charge in [0.1, 0.15) is 12.6 Å². The first kappa shape index (κ1) is 13.5. The van der Waals surface area contributed by atoms with Gasteiger partial charge in [-0.25, -0.2) is 0 Å². The van der Waals surface area contributed by atoms with Crippen LogP contribution in [0.4, 0.5) is 0 Å². The van der Waals surface area contributed by atoms with E-state index in [4.69, 9.17) is 0 Å². The summed E-state index contributed by atoms with van der Waals surface area (Å²) < 4.78 is 0. The third-order valence-electron chi connectivity index (χ3n) is 6.32. The summed E-state index contributed by atoms with van der Waals surface area (Å²) in [5, 5.41) is 0. The number of allylic oxidation sites excluding steroid dienone is 2. The molecular weight excluding hydrogens is 224 g/mol. The van der Waals surface area contributed by atoms with Crippen molar-refractivity contribution in [3.8, 4) is 0 Å². The Labute approximate surface area is 110 Å². The second kappa shape index (κ2) is 4.04. The van der Waals surface area contributed by atoms with E-state index in [1.165, 1.54) is 6.42 Å². The maximum atomic E-state index is 11.5. The summed E-state index contributed by atoms with van der Waals surface area (Å²) >= 11 is 0. The first-order valence-electron chi connectivity index (χ1n) is 6.93. The van der Waals surface area contributed by atoms with E-state index >= 15 is 0 Å². The zero-order chi connectivity index (χ0) is 13.6. The SMILES string of the molecule is CC1(C)CCC[C@]2(C)[C@@H](C=O)C(C=O)=CC[C@@]12C. The molecule has 2 aliphatic carbocycles.